The molecule has 0 radical (unpaired) electrons. The number of carbonyl (C=O) groups is 1. The van der Waals surface area contributed by atoms with E-state index in [9.17, 15) is 4.79 Å². The van der Waals surface area contributed by atoms with E-state index in [-0.39, 0.29) is 5.97 Å². The molecule has 5 nitrogen and oxygen atoms in total. The minimum Gasteiger partial charge on any atom is -0.466 e. The summed E-state index contributed by atoms with van der Waals surface area (Å²) < 4.78 is 4.87. The van der Waals surface area contributed by atoms with Gasteiger partial charge < -0.3 is 10.1 Å². The molecule has 1 aromatic carbocycles. The lowest BCUT2D eigenvalue weighted by molar-refractivity contribution is -0.143. The highest BCUT2D eigenvalue weighted by Gasteiger charge is 2.05. The summed E-state index contributed by atoms with van der Waals surface area (Å²) in [7, 11) is 0. The third-order valence-corrected chi connectivity index (χ3v) is 2.99. The first-order valence-electron chi connectivity index (χ1n) is 6.50. The van der Waals surface area contributed by atoms with E-state index >= 15 is 0 Å². The third kappa shape index (κ3) is 3.81. The van der Waals surface area contributed by atoms with Crippen molar-refractivity contribution in [1.82, 2.24) is 9.97 Å². The molecule has 2 aromatic rings. The van der Waals surface area contributed by atoms with Crippen molar-refractivity contribution in [2.24, 2.45) is 0 Å². The van der Waals surface area contributed by atoms with Crippen LogP contribution < -0.4 is 5.32 Å². The zero-order valence-electron chi connectivity index (χ0n) is 11.2. The Bertz CT molecular complexity index is 604. The number of ether oxygens (including phenoxy) is 1. The van der Waals surface area contributed by atoms with Crippen LogP contribution in [-0.4, -0.2) is 29.1 Å². The lowest BCUT2D eigenvalue weighted by Gasteiger charge is -2.08. The predicted octanol–water partition coefficient (Wildman–Crippen LogP) is 3.04. The van der Waals surface area contributed by atoms with E-state index in [1.165, 1.54) is 6.33 Å². The average molecular weight is 294 g/mol. The van der Waals surface area contributed by atoms with E-state index in [0.717, 1.165) is 16.7 Å². The van der Waals surface area contributed by atoms with Crippen molar-refractivity contribution in [3.8, 4) is 0 Å². The lowest BCUT2D eigenvalue weighted by atomic mass is 10.2. The Hall–Kier alpha value is -1.88. The molecule has 20 heavy (non-hydrogen) atoms. The monoisotopic (exact) mass is 293 g/mol. The molecular formula is C14H16ClN3O2. The Balaban J connectivity index is 1.96. The smallest absolute Gasteiger partial charge is 0.305 e. The van der Waals surface area contributed by atoms with Gasteiger partial charge in [-0.15, -0.1) is 0 Å². The molecule has 1 heterocycles. The number of fused-ring (bicyclic) bond motifs is 1. The number of benzene rings is 1. The number of anilines is 1. The van der Waals surface area contributed by atoms with Gasteiger partial charge >= 0.3 is 5.97 Å². The lowest BCUT2D eigenvalue weighted by Crippen LogP contribution is -2.09. The van der Waals surface area contributed by atoms with Crippen molar-refractivity contribution >= 4 is 34.3 Å². The number of nitrogens with zero attached hydrogens (tertiary/aromatic N) is 2. The molecule has 106 valence electrons. The summed E-state index contributed by atoms with van der Waals surface area (Å²) in [6.07, 6.45) is 2.58. The van der Waals surface area contributed by atoms with Gasteiger partial charge in [-0.25, -0.2) is 9.97 Å². The number of nitrogens with one attached hydrogen (secondary N) is 1. The Morgan fingerprint density at radius 2 is 2.25 bits per heavy atom. The first kappa shape index (κ1) is 14.5. The Morgan fingerprint density at radius 3 is 3.05 bits per heavy atom. The number of rotatable bonds is 6. The molecule has 0 aliphatic carbocycles. The molecule has 0 amide bonds. The summed E-state index contributed by atoms with van der Waals surface area (Å²) in [6, 6.07) is 5.47. The maximum atomic E-state index is 11.2. The number of hydrogen-bond donors (Lipinski definition) is 1. The molecule has 0 aliphatic rings. The Kier molecular flexibility index (Phi) is 5.12. The molecule has 0 saturated carbocycles. The highest BCUT2D eigenvalue weighted by atomic mass is 35.5. The molecule has 0 aliphatic heterocycles. The summed E-state index contributed by atoms with van der Waals surface area (Å²) in [5.74, 6) is 0.547. The van der Waals surface area contributed by atoms with Gasteiger partial charge in [0.1, 0.15) is 12.1 Å². The second-order valence-corrected chi connectivity index (χ2v) is 4.66. The predicted molar refractivity (Wildman–Crippen MR) is 78.9 cm³/mol. The van der Waals surface area contributed by atoms with Gasteiger partial charge in [0.25, 0.3) is 0 Å². The second kappa shape index (κ2) is 7.05. The topological polar surface area (TPSA) is 64.1 Å². The van der Waals surface area contributed by atoms with Crippen molar-refractivity contribution in [3.63, 3.8) is 0 Å². The molecule has 6 heteroatoms. The molecule has 0 fully saturated rings. The fraction of sp³-hybridized carbons (Fsp3) is 0.357. The van der Waals surface area contributed by atoms with Crippen LogP contribution in [-0.2, 0) is 9.53 Å². The zero-order valence-corrected chi connectivity index (χ0v) is 12.0. The summed E-state index contributed by atoms with van der Waals surface area (Å²) >= 11 is 5.98. The quantitative estimate of drug-likeness (QED) is 0.655. The Morgan fingerprint density at radius 1 is 1.40 bits per heavy atom. The molecule has 0 atom stereocenters. The third-order valence-electron chi connectivity index (χ3n) is 2.75. The standard InChI is InChI=1S/C14H16ClN3O2/c1-2-20-13(19)4-3-7-16-14-11-8-10(15)5-6-12(11)17-9-18-14/h5-6,8-9H,2-4,7H2,1H3,(H,16,17,18). The van der Waals surface area contributed by atoms with E-state index in [4.69, 9.17) is 16.3 Å². The van der Waals surface area contributed by atoms with Gasteiger partial charge in [-0.05, 0) is 31.5 Å². The zero-order chi connectivity index (χ0) is 14.4. The number of halogens is 1. The molecule has 1 aromatic heterocycles. The molecule has 1 N–H and O–H groups in total. The summed E-state index contributed by atoms with van der Waals surface area (Å²) in [5, 5.41) is 4.71. The van der Waals surface area contributed by atoms with Gasteiger partial charge in [0.2, 0.25) is 0 Å². The normalized spacial score (nSPS) is 10.5. The van der Waals surface area contributed by atoms with Crippen LogP contribution in [0.15, 0.2) is 24.5 Å². The number of carbonyl (C=O) groups excluding carboxylic acids is 1. The average Bonchev–Trinajstić information content (AvgIpc) is 2.44. The molecule has 0 bridgehead atoms. The fourth-order valence-electron chi connectivity index (χ4n) is 1.84. The largest absolute Gasteiger partial charge is 0.466 e. The molecule has 2 rings (SSSR count). The van der Waals surface area contributed by atoms with Crippen LogP contribution in [0.2, 0.25) is 5.02 Å². The van der Waals surface area contributed by atoms with Crippen LogP contribution in [0.4, 0.5) is 5.82 Å². The van der Waals surface area contributed by atoms with Gasteiger partial charge in [0.05, 0.1) is 12.1 Å². The molecule has 0 saturated heterocycles. The first-order chi connectivity index (χ1) is 9.70. The van der Waals surface area contributed by atoms with E-state index in [1.807, 2.05) is 12.1 Å². The number of aromatic nitrogens is 2. The minimum atomic E-state index is -0.176. The van der Waals surface area contributed by atoms with Crippen LogP contribution in [0.25, 0.3) is 10.9 Å². The van der Waals surface area contributed by atoms with Crippen LogP contribution in [0.5, 0.6) is 0 Å². The minimum absolute atomic E-state index is 0.176. The van der Waals surface area contributed by atoms with Gasteiger partial charge in [-0.3, -0.25) is 4.79 Å². The van der Waals surface area contributed by atoms with Gasteiger partial charge in [-0.1, -0.05) is 11.6 Å². The van der Waals surface area contributed by atoms with E-state index in [0.29, 0.717) is 31.0 Å². The number of esters is 1. The van der Waals surface area contributed by atoms with Crippen LogP contribution in [0.1, 0.15) is 19.8 Å². The molecular weight excluding hydrogens is 278 g/mol. The fourth-order valence-corrected chi connectivity index (χ4v) is 2.01. The Labute approximate surface area is 122 Å². The van der Waals surface area contributed by atoms with Crippen molar-refractivity contribution in [2.45, 2.75) is 19.8 Å². The van der Waals surface area contributed by atoms with Gasteiger partial charge in [-0.2, -0.15) is 0 Å². The summed E-state index contributed by atoms with van der Waals surface area (Å²) in [4.78, 5) is 19.6. The SMILES string of the molecule is CCOC(=O)CCCNc1ncnc2ccc(Cl)cc12. The van der Waals surface area contributed by atoms with E-state index in [2.05, 4.69) is 15.3 Å². The van der Waals surface area contributed by atoms with Crippen molar-refractivity contribution in [3.05, 3.63) is 29.5 Å². The van der Waals surface area contributed by atoms with Gasteiger partial charge in [0.15, 0.2) is 0 Å². The first-order valence-corrected chi connectivity index (χ1v) is 6.88. The van der Waals surface area contributed by atoms with Crippen LogP contribution in [0.3, 0.4) is 0 Å². The van der Waals surface area contributed by atoms with E-state index < -0.39 is 0 Å². The summed E-state index contributed by atoms with van der Waals surface area (Å²) in [5.41, 5.74) is 0.831. The maximum Gasteiger partial charge on any atom is 0.305 e. The highest BCUT2D eigenvalue weighted by molar-refractivity contribution is 6.31. The van der Waals surface area contributed by atoms with Crippen molar-refractivity contribution in [2.75, 3.05) is 18.5 Å². The van der Waals surface area contributed by atoms with E-state index in [1.54, 1.807) is 13.0 Å². The molecule has 0 spiro atoms. The summed E-state index contributed by atoms with van der Waals surface area (Å²) in [6.45, 7) is 2.85. The number of hydrogen-bond acceptors (Lipinski definition) is 5. The van der Waals surface area contributed by atoms with Crippen molar-refractivity contribution in [1.29, 1.82) is 0 Å². The highest BCUT2D eigenvalue weighted by Crippen LogP contribution is 2.22. The van der Waals surface area contributed by atoms with Gasteiger partial charge in [0, 0.05) is 23.4 Å². The van der Waals surface area contributed by atoms with Crippen LogP contribution in [0, 0.1) is 0 Å². The van der Waals surface area contributed by atoms with Crippen molar-refractivity contribution < 1.29 is 9.53 Å². The molecule has 0 unspecified atom stereocenters. The maximum absolute atomic E-state index is 11.2. The van der Waals surface area contributed by atoms with Crippen LogP contribution >= 0.6 is 11.6 Å². The second-order valence-electron chi connectivity index (χ2n) is 4.22.